The minimum Gasteiger partial charge on any atom is -0.483 e. The van der Waals surface area contributed by atoms with Crippen molar-refractivity contribution in [2.24, 2.45) is 0 Å². The van der Waals surface area contributed by atoms with Crippen molar-refractivity contribution in [1.29, 1.82) is 0 Å². The molecular weight excluding hydrogens is 376 g/mol. The van der Waals surface area contributed by atoms with Gasteiger partial charge in [0.1, 0.15) is 11.6 Å². The first kappa shape index (κ1) is 19.4. The third-order valence-corrected chi connectivity index (χ3v) is 4.59. The summed E-state index contributed by atoms with van der Waals surface area (Å²) in [7, 11) is 0. The topological polar surface area (TPSA) is 79.9 Å². The molecule has 0 spiro atoms. The first-order valence-electron chi connectivity index (χ1n) is 9.71. The van der Waals surface area contributed by atoms with Crippen LogP contribution >= 0.6 is 0 Å². The zero-order chi connectivity index (χ0) is 20.8. The third kappa shape index (κ3) is 4.91. The Hall–Kier alpha value is -3.93. The number of rotatable bonds is 7. The van der Waals surface area contributed by atoms with E-state index < -0.39 is 0 Å². The van der Waals surface area contributed by atoms with E-state index in [-0.39, 0.29) is 12.5 Å². The maximum Gasteiger partial charge on any atom is 0.262 e. The molecule has 4 aromatic rings. The molecule has 0 fully saturated rings. The fraction of sp³-hybridized carbons (Fsp3) is 0.125. The summed E-state index contributed by atoms with van der Waals surface area (Å²) < 4.78 is 5.80. The quantitative estimate of drug-likeness (QED) is 0.484. The Kier molecular flexibility index (Phi) is 5.85. The Morgan fingerprint density at radius 1 is 0.967 bits per heavy atom. The van der Waals surface area contributed by atoms with Gasteiger partial charge in [-0.3, -0.25) is 9.89 Å². The van der Waals surface area contributed by atoms with E-state index in [9.17, 15) is 4.79 Å². The average molecular weight is 398 g/mol. The van der Waals surface area contributed by atoms with E-state index in [1.54, 1.807) is 0 Å². The number of carbonyl (C=O) groups excluding carboxylic acids is 1. The van der Waals surface area contributed by atoms with Crippen LogP contribution in [0.5, 0.6) is 5.75 Å². The van der Waals surface area contributed by atoms with Crippen molar-refractivity contribution in [3.8, 4) is 17.1 Å². The van der Waals surface area contributed by atoms with Crippen molar-refractivity contribution in [2.75, 3.05) is 11.9 Å². The molecule has 4 rings (SSSR count). The van der Waals surface area contributed by atoms with Gasteiger partial charge < -0.3 is 10.1 Å². The fourth-order valence-corrected chi connectivity index (χ4v) is 3.12. The maximum absolute atomic E-state index is 12.3. The van der Waals surface area contributed by atoms with E-state index in [1.807, 2.05) is 73.7 Å². The predicted molar refractivity (Wildman–Crippen MR) is 116 cm³/mol. The minimum atomic E-state index is -0.217. The molecule has 2 N–H and O–H groups in total. The second-order valence-corrected chi connectivity index (χ2v) is 6.93. The van der Waals surface area contributed by atoms with Gasteiger partial charge >= 0.3 is 0 Å². The number of nitrogens with one attached hydrogen (secondary N) is 2. The average Bonchev–Trinajstić information content (AvgIpc) is 3.21. The maximum atomic E-state index is 12.3. The number of carbonyl (C=O) groups is 1. The lowest BCUT2D eigenvalue weighted by atomic mass is 10.0. The van der Waals surface area contributed by atoms with Crippen LogP contribution in [-0.2, 0) is 11.2 Å². The zero-order valence-corrected chi connectivity index (χ0v) is 16.6. The molecule has 0 atom stereocenters. The first-order chi connectivity index (χ1) is 14.7. The second-order valence-electron chi connectivity index (χ2n) is 6.93. The van der Waals surface area contributed by atoms with Crippen LogP contribution in [0, 0.1) is 6.92 Å². The van der Waals surface area contributed by atoms with Gasteiger partial charge in [0.05, 0.1) is 0 Å². The van der Waals surface area contributed by atoms with Crippen LogP contribution in [0.1, 0.15) is 17.0 Å². The van der Waals surface area contributed by atoms with E-state index in [0.717, 1.165) is 23.4 Å². The Bertz CT molecular complexity index is 1120. The minimum absolute atomic E-state index is 0.0618. The van der Waals surface area contributed by atoms with Crippen LogP contribution in [0.25, 0.3) is 11.4 Å². The molecule has 6 nitrogen and oxygen atoms in total. The molecule has 150 valence electrons. The number of aryl methyl sites for hydroxylation is 1. The molecule has 0 aliphatic carbocycles. The Morgan fingerprint density at radius 3 is 2.43 bits per heavy atom. The van der Waals surface area contributed by atoms with Gasteiger partial charge in [-0.1, -0.05) is 48.5 Å². The van der Waals surface area contributed by atoms with E-state index in [4.69, 9.17) is 4.74 Å². The number of para-hydroxylation sites is 1. The van der Waals surface area contributed by atoms with Gasteiger partial charge in [-0.2, -0.15) is 5.10 Å². The smallest absolute Gasteiger partial charge is 0.262 e. The molecule has 1 heterocycles. The number of aromatic amines is 1. The highest BCUT2D eigenvalue weighted by Gasteiger charge is 2.09. The monoisotopic (exact) mass is 398 g/mol. The summed E-state index contributed by atoms with van der Waals surface area (Å²) in [5.74, 6) is 1.88. The van der Waals surface area contributed by atoms with Crippen LogP contribution < -0.4 is 10.1 Å². The number of aromatic nitrogens is 3. The lowest BCUT2D eigenvalue weighted by molar-refractivity contribution is -0.118. The Labute approximate surface area is 175 Å². The molecule has 0 bridgehead atoms. The van der Waals surface area contributed by atoms with Gasteiger partial charge in [-0.15, -0.1) is 0 Å². The molecule has 0 saturated heterocycles. The molecule has 0 aliphatic rings. The second kappa shape index (κ2) is 9.05. The Balaban J connectivity index is 1.35. The van der Waals surface area contributed by atoms with Gasteiger partial charge in [-0.25, -0.2) is 4.98 Å². The molecule has 6 heteroatoms. The van der Waals surface area contributed by atoms with Crippen LogP contribution in [-0.4, -0.2) is 27.7 Å². The van der Waals surface area contributed by atoms with Crippen molar-refractivity contribution >= 4 is 11.6 Å². The molecule has 0 radical (unpaired) electrons. The number of nitrogens with zero attached hydrogens (tertiary/aromatic N) is 2. The zero-order valence-electron chi connectivity index (χ0n) is 16.6. The van der Waals surface area contributed by atoms with Crippen LogP contribution in [0.15, 0.2) is 78.9 Å². The standard InChI is InChI=1S/C24H22N4O2/c1-17-25-24(28-27-17)19-11-13-21(14-12-19)26-23(29)16-30-22-10-6-5-9-20(22)15-18-7-3-2-4-8-18/h2-14H,15-16H2,1H3,(H,26,29)(H,25,27,28). The molecule has 1 amide bonds. The molecular formula is C24H22N4O2. The van der Waals surface area contributed by atoms with E-state index >= 15 is 0 Å². The van der Waals surface area contributed by atoms with Gasteiger partial charge in [0.25, 0.3) is 5.91 Å². The highest BCUT2D eigenvalue weighted by molar-refractivity contribution is 5.92. The molecule has 0 aliphatic heterocycles. The van der Waals surface area contributed by atoms with Gasteiger partial charge in [0.2, 0.25) is 0 Å². The lowest BCUT2D eigenvalue weighted by Crippen LogP contribution is -2.20. The Morgan fingerprint density at radius 2 is 1.70 bits per heavy atom. The summed E-state index contributed by atoms with van der Waals surface area (Å²) >= 11 is 0. The lowest BCUT2D eigenvalue weighted by Gasteiger charge is -2.12. The van der Waals surface area contributed by atoms with E-state index in [0.29, 0.717) is 17.3 Å². The van der Waals surface area contributed by atoms with Crippen LogP contribution in [0.2, 0.25) is 0 Å². The summed E-state index contributed by atoms with van der Waals surface area (Å²) in [6.07, 6.45) is 0.751. The number of ether oxygens (including phenoxy) is 1. The van der Waals surface area contributed by atoms with E-state index in [1.165, 1.54) is 5.56 Å². The van der Waals surface area contributed by atoms with Gasteiger partial charge in [0, 0.05) is 17.7 Å². The molecule has 0 unspecified atom stereocenters. The highest BCUT2D eigenvalue weighted by Crippen LogP contribution is 2.22. The largest absolute Gasteiger partial charge is 0.483 e. The SMILES string of the molecule is Cc1nc(-c2ccc(NC(=O)COc3ccccc3Cc3ccccc3)cc2)n[nH]1. The first-order valence-corrected chi connectivity index (χ1v) is 9.71. The molecule has 3 aromatic carbocycles. The highest BCUT2D eigenvalue weighted by atomic mass is 16.5. The van der Waals surface area contributed by atoms with Crippen molar-refractivity contribution in [2.45, 2.75) is 13.3 Å². The summed E-state index contributed by atoms with van der Waals surface area (Å²) in [6, 6.07) is 25.3. The number of amides is 1. The van der Waals surface area contributed by atoms with Gasteiger partial charge in [-0.05, 0) is 48.4 Å². The van der Waals surface area contributed by atoms with Crippen molar-refractivity contribution in [3.05, 3.63) is 95.8 Å². The van der Waals surface area contributed by atoms with Crippen molar-refractivity contribution < 1.29 is 9.53 Å². The molecule has 30 heavy (non-hydrogen) atoms. The number of hydrogen-bond donors (Lipinski definition) is 2. The summed E-state index contributed by atoms with van der Waals surface area (Å²) in [4.78, 5) is 16.6. The summed E-state index contributed by atoms with van der Waals surface area (Å²) in [6.45, 7) is 1.79. The third-order valence-electron chi connectivity index (χ3n) is 4.59. The molecule has 0 saturated carbocycles. The fourth-order valence-electron chi connectivity index (χ4n) is 3.12. The predicted octanol–water partition coefficient (Wildman–Crippen LogP) is 4.39. The van der Waals surface area contributed by atoms with Crippen molar-refractivity contribution in [1.82, 2.24) is 15.2 Å². The number of hydrogen-bond acceptors (Lipinski definition) is 4. The van der Waals surface area contributed by atoms with Crippen molar-refractivity contribution in [3.63, 3.8) is 0 Å². The number of H-pyrrole nitrogens is 1. The van der Waals surface area contributed by atoms with Gasteiger partial charge in [0.15, 0.2) is 12.4 Å². The molecule has 1 aromatic heterocycles. The normalized spacial score (nSPS) is 10.6. The van der Waals surface area contributed by atoms with Crippen LogP contribution in [0.3, 0.4) is 0 Å². The van der Waals surface area contributed by atoms with Crippen LogP contribution in [0.4, 0.5) is 5.69 Å². The number of anilines is 1. The summed E-state index contributed by atoms with van der Waals surface area (Å²) in [5.41, 5.74) is 3.81. The van der Waals surface area contributed by atoms with E-state index in [2.05, 4.69) is 32.6 Å². The number of benzene rings is 3. The summed E-state index contributed by atoms with van der Waals surface area (Å²) in [5, 5.41) is 9.81.